The highest BCUT2D eigenvalue weighted by atomic mass is 16.4. The summed E-state index contributed by atoms with van der Waals surface area (Å²) in [5, 5.41) is 29.0. The molecule has 1 aliphatic rings. The second kappa shape index (κ2) is 12.3. The van der Waals surface area contributed by atoms with Gasteiger partial charge in [0.15, 0.2) is 0 Å². The van der Waals surface area contributed by atoms with Crippen molar-refractivity contribution >= 4 is 5.97 Å². The second-order valence-electron chi connectivity index (χ2n) is 6.88. The average molecular weight is 338 g/mol. The summed E-state index contributed by atoms with van der Waals surface area (Å²) in [5.41, 5.74) is 0. The van der Waals surface area contributed by atoms with Gasteiger partial charge in [0.2, 0.25) is 0 Å². The summed E-state index contributed by atoms with van der Waals surface area (Å²) in [6, 6.07) is 0. The number of aliphatic hydroxyl groups excluding tert-OH is 2. The lowest BCUT2D eigenvalue weighted by Crippen LogP contribution is -2.21. The number of carboxylic acids is 1. The number of allylic oxidation sites excluding steroid dienone is 4. The topological polar surface area (TPSA) is 77.8 Å². The predicted molar refractivity (Wildman–Crippen MR) is 96.8 cm³/mol. The van der Waals surface area contributed by atoms with Gasteiger partial charge in [0.25, 0.3) is 0 Å². The monoisotopic (exact) mass is 338 g/mol. The quantitative estimate of drug-likeness (QED) is 0.370. The van der Waals surface area contributed by atoms with E-state index in [-0.39, 0.29) is 18.3 Å². The maximum absolute atomic E-state index is 10.5. The third kappa shape index (κ3) is 8.11. The van der Waals surface area contributed by atoms with Crippen LogP contribution in [0.1, 0.15) is 71.1 Å². The summed E-state index contributed by atoms with van der Waals surface area (Å²) in [6.07, 6.45) is 15.9. The zero-order valence-corrected chi connectivity index (χ0v) is 14.9. The van der Waals surface area contributed by atoms with Crippen molar-refractivity contribution in [1.82, 2.24) is 0 Å². The van der Waals surface area contributed by atoms with Crippen molar-refractivity contribution in [3.05, 3.63) is 24.3 Å². The van der Waals surface area contributed by atoms with Crippen LogP contribution in [0.5, 0.6) is 0 Å². The predicted octanol–water partition coefficient (Wildman–Crippen LogP) is 4.07. The third-order valence-corrected chi connectivity index (χ3v) is 4.92. The summed E-state index contributed by atoms with van der Waals surface area (Å²) < 4.78 is 0. The van der Waals surface area contributed by atoms with Crippen LogP contribution in [0.15, 0.2) is 24.3 Å². The molecule has 0 aromatic carbocycles. The van der Waals surface area contributed by atoms with Gasteiger partial charge in [-0.25, -0.2) is 0 Å². The molecule has 3 N–H and O–H groups in total. The van der Waals surface area contributed by atoms with E-state index in [0.29, 0.717) is 12.8 Å². The van der Waals surface area contributed by atoms with E-state index in [1.165, 1.54) is 12.8 Å². The Hall–Kier alpha value is -1.13. The van der Waals surface area contributed by atoms with Crippen molar-refractivity contribution in [3.63, 3.8) is 0 Å². The Balaban J connectivity index is 2.35. The van der Waals surface area contributed by atoms with Crippen LogP contribution in [-0.4, -0.2) is 33.5 Å². The van der Waals surface area contributed by atoms with Gasteiger partial charge < -0.3 is 15.3 Å². The zero-order valence-electron chi connectivity index (χ0n) is 14.9. The summed E-state index contributed by atoms with van der Waals surface area (Å²) in [6.45, 7) is 2.18. The Kier molecular flexibility index (Phi) is 10.7. The largest absolute Gasteiger partial charge is 0.481 e. The molecule has 0 aliphatic heterocycles. The molecular weight excluding hydrogens is 304 g/mol. The number of rotatable bonds is 12. The number of aliphatic hydroxyl groups is 2. The molecular formula is C20H34O4. The fourth-order valence-electron chi connectivity index (χ4n) is 3.49. The van der Waals surface area contributed by atoms with Crippen molar-refractivity contribution in [2.75, 3.05) is 0 Å². The minimum absolute atomic E-state index is 0.111. The molecule has 0 aromatic rings. The molecule has 0 saturated heterocycles. The lowest BCUT2D eigenvalue weighted by Gasteiger charge is -2.21. The SMILES string of the molecule is CCCC/C=C/CC[C@@H]1[C@@H](C/C=C\CCCC(=O)O)[C@@H](O)C[C@H]1O. The van der Waals surface area contributed by atoms with Gasteiger partial charge in [-0.3, -0.25) is 4.79 Å². The number of hydrogen-bond donors (Lipinski definition) is 3. The summed E-state index contributed by atoms with van der Waals surface area (Å²) >= 11 is 0. The van der Waals surface area contributed by atoms with Crippen LogP contribution in [0.4, 0.5) is 0 Å². The lowest BCUT2D eigenvalue weighted by molar-refractivity contribution is -0.137. The number of unbranched alkanes of at least 4 members (excludes halogenated alkanes) is 3. The van der Waals surface area contributed by atoms with E-state index in [1.54, 1.807) is 0 Å². The molecule has 24 heavy (non-hydrogen) atoms. The van der Waals surface area contributed by atoms with Gasteiger partial charge in [-0.2, -0.15) is 0 Å². The molecule has 0 radical (unpaired) electrons. The van der Waals surface area contributed by atoms with Gasteiger partial charge in [0.05, 0.1) is 12.2 Å². The molecule has 1 aliphatic carbocycles. The molecule has 0 spiro atoms. The van der Waals surface area contributed by atoms with Crippen molar-refractivity contribution in [2.24, 2.45) is 11.8 Å². The van der Waals surface area contributed by atoms with E-state index in [0.717, 1.165) is 32.1 Å². The van der Waals surface area contributed by atoms with Crippen LogP contribution in [0.25, 0.3) is 0 Å². The highest BCUT2D eigenvalue weighted by Gasteiger charge is 2.40. The molecule has 1 rings (SSSR count). The Morgan fingerprint density at radius 3 is 2.29 bits per heavy atom. The second-order valence-corrected chi connectivity index (χ2v) is 6.88. The zero-order chi connectivity index (χ0) is 17.8. The number of aliphatic carboxylic acids is 1. The Bertz CT molecular complexity index is 402. The Morgan fingerprint density at radius 1 is 0.958 bits per heavy atom. The first kappa shape index (κ1) is 20.9. The molecule has 138 valence electrons. The van der Waals surface area contributed by atoms with E-state index in [2.05, 4.69) is 19.1 Å². The van der Waals surface area contributed by atoms with E-state index in [9.17, 15) is 15.0 Å². The molecule has 4 heteroatoms. The molecule has 4 atom stereocenters. The fraction of sp³-hybridized carbons (Fsp3) is 0.750. The normalized spacial score (nSPS) is 27.5. The molecule has 0 heterocycles. The molecule has 0 unspecified atom stereocenters. The Labute approximate surface area is 146 Å². The van der Waals surface area contributed by atoms with E-state index < -0.39 is 18.2 Å². The van der Waals surface area contributed by atoms with Crippen LogP contribution >= 0.6 is 0 Å². The molecule has 1 fully saturated rings. The number of hydrogen-bond acceptors (Lipinski definition) is 3. The Morgan fingerprint density at radius 2 is 1.58 bits per heavy atom. The fourth-order valence-corrected chi connectivity index (χ4v) is 3.49. The summed E-state index contributed by atoms with van der Waals surface area (Å²) in [5.74, 6) is -0.496. The van der Waals surface area contributed by atoms with Crippen LogP contribution in [0.2, 0.25) is 0 Å². The van der Waals surface area contributed by atoms with Gasteiger partial charge in [-0.05, 0) is 56.8 Å². The molecule has 0 amide bonds. The molecule has 1 saturated carbocycles. The van der Waals surface area contributed by atoms with Gasteiger partial charge in [-0.1, -0.05) is 44.1 Å². The van der Waals surface area contributed by atoms with Crippen LogP contribution in [0, 0.1) is 11.8 Å². The minimum Gasteiger partial charge on any atom is -0.481 e. The van der Waals surface area contributed by atoms with Crippen molar-refractivity contribution < 1.29 is 20.1 Å². The van der Waals surface area contributed by atoms with Gasteiger partial charge >= 0.3 is 5.97 Å². The smallest absolute Gasteiger partial charge is 0.303 e. The highest BCUT2D eigenvalue weighted by Crippen LogP contribution is 2.38. The first-order valence-corrected chi connectivity index (χ1v) is 9.44. The molecule has 0 aromatic heterocycles. The lowest BCUT2D eigenvalue weighted by atomic mass is 9.87. The van der Waals surface area contributed by atoms with Crippen LogP contribution in [0.3, 0.4) is 0 Å². The number of carbonyl (C=O) groups is 1. The van der Waals surface area contributed by atoms with E-state index in [1.807, 2.05) is 12.2 Å². The summed E-state index contributed by atoms with van der Waals surface area (Å²) in [7, 11) is 0. The van der Waals surface area contributed by atoms with Gasteiger partial charge in [0, 0.05) is 6.42 Å². The summed E-state index contributed by atoms with van der Waals surface area (Å²) in [4.78, 5) is 10.5. The van der Waals surface area contributed by atoms with E-state index in [4.69, 9.17) is 5.11 Å². The maximum Gasteiger partial charge on any atom is 0.303 e. The van der Waals surface area contributed by atoms with E-state index >= 15 is 0 Å². The first-order chi connectivity index (χ1) is 11.6. The van der Waals surface area contributed by atoms with Crippen LogP contribution < -0.4 is 0 Å². The van der Waals surface area contributed by atoms with Crippen molar-refractivity contribution in [2.45, 2.75) is 83.3 Å². The first-order valence-electron chi connectivity index (χ1n) is 9.44. The molecule has 4 nitrogen and oxygen atoms in total. The maximum atomic E-state index is 10.5. The van der Waals surface area contributed by atoms with Crippen molar-refractivity contribution in [3.8, 4) is 0 Å². The average Bonchev–Trinajstić information content (AvgIpc) is 2.80. The standard InChI is InChI=1S/C20H34O4/c1-2-3-4-5-6-9-12-16-17(19(22)15-18(16)21)13-10-7-8-11-14-20(23)24/h5-7,10,16-19,21-22H,2-4,8-9,11-15H2,1H3,(H,23,24)/b6-5+,10-7-/t16-,17-,18-,19+/m1/s1. The third-order valence-electron chi connectivity index (χ3n) is 4.92. The highest BCUT2D eigenvalue weighted by molar-refractivity contribution is 5.66. The van der Waals surface area contributed by atoms with Crippen LogP contribution in [-0.2, 0) is 4.79 Å². The number of carboxylic acid groups (broad SMARTS) is 1. The minimum atomic E-state index is -0.759. The van der Waals surface area contributed by atoms with Gasteiger partial charge in [0.1, 0.15) is 0 Å². The van der Waals surface area contributed by atoms with Gasteiger partial charge in [-0.15, -0.1) is 0 Å². The van der Waals surface area contributed by atoms with Crippen molar-refractivity contribution in [1.29, 1.82) is 0 Å². The molecule has 0 bridgehead atoms.